The van der Waals surface area contributed by atoms with Crippen LogP contribution in [0, 0.1) is 12.8 Å². The van der Waals surface area contributed by atoms with Gasteiger partial charge < -0.3 is 14.5 Å². The zero-order valence-corrected chi connectivity index (χ0v) is 17.3. The molecule has 0 saturated carbocycles. The number of hydrogen-bond acceptors (Lipinski definition) is 5. The van der Waals surface area contributed by atoms with Crippen LogP contribution in [-0.2, 0) is 16.1 Å². The molecule has 30 heavy (non-hydrogen) atoms. The highest BCUT2D eigenvalue weighted by atomic mass is 16.5. The molecule has 2 heterocycles. The number of para-hydroxylation sites is 1. The summed E-state index contributed by atoms with van der Waals surface area (Å²) in [6.07, 6.45) is 0.192. The molecule has 4 rings (SSSR count). The minimum Gasteiger partial charge on any atom is -0.497 e. The Kier molecular flexibility index (Phi) is 5.35. The highest BCUT2D eigenvalue weighted by Crippen LogP contribution is 2.29. The normalized spacial score (nSPS) is 16.2. The second-order valence-corrected chi connectivity index (χ2v) is 7.54. The van der Waals surface area contributed by atoms with Crippen LogP contribution in [0.3, 0.4) is 0 Å². The molecule has 3 aromatic rings. The van der Waals surface area contributed by atoms with Crippen LogP contribution in [0.4, 0.5) is 5.69 Å². The lowest BCUT2D eigenvalue weighted by Gasteiger charge is -2.21. The Morgan fingerprint density at radius 2 is 2.00 bits per heavy atom. The lowest BCUT2D eigenvalue weighted by molar-refractivity contribution is -0.135. The average molecular weight is 404 g/mol. The van der Waals surface area contributed by atoms with Gasteiger partial charge in [-0.05, 0) is 25.1 Å². The Balaban J connectivity index is 1.47. The van der Waals surface area contributed by atoms with E-state index >= 15 is 0 Å². The first-order chi connectivity index (χ1) is 14.5. The van der Waals surface area contributed by atoms with Gasteiger partial charge in [0.15, 0.2) is 0 Å². The zero-order valence-electron chi connectivity index (χ0n) is 17.3. The van der Waals surface area contributed by atoms with Crippen LogP contribution in [0.5, 0.6) is 5.75 Å². The third-order valence-electron chi connectivity index (χ3n) is 5.43. The van der Waals surface area contributed by atoms with Gasteiger partial charge in [0.2, 0.25) is 11.8 Å². The average Bonchev–Trinajstić information content (AvgIpc) is 3.14. The summed E-state index contributed by atoms with van der Waals surface area (Å²) in [5, 5.41) is 1.01. The van der Waals surface area contributed by atoms with Crippen molar-refractivity contribution < 1.29 is 14.3 Å². The third-order valence-corrected chi connectivity index (χ3v) is 5.43. The van der Waals surface area contributed by atoms with Gasteiger partial charge in [-0.2, -0.15) is 0 Å². The van der Waals surface area contributed by atoms with Gasteiger partial charge in [-0.25, -0.2) is 9.97 Å². The van der Waals surface area contributed by atoms with Gasteiger partial charge in [0.1, 0.15) is 11.6 Å². The molecule has 2 aromatic carbocycles. The van der Waals surface area contributed by atoms with Crippen molar-refractivity contribution in [3.63, 3.8) is 0 Å². The van der Waals surface area contributed by atoms with Crippen LogP contribution in [-0.4, -0.2) is 47.4 Å². The monoisotopic (exact) mass is 404 g/mol. The van der Waals surface area contributed by atoms with Crippen molar-refractivity contribution in [1.82, 2.24) is 14.9 Å². The van der Waals surface area contributed by atoms with E-state index in [1.807, 2.05) is 49.4 Å². The summed E-state index contributed by atoms with van der Waals surface area (Å²) in [7, 11) is 3.32. The molecule has 1 aliphatic heterocycles. The van der Waals surface area contributed by atoms with E-state index in [1.54, 1.807) is 30.0 Å². The number of rotatable bonds is 5. The molecule has 0 N–H and O–H groups in total. The lowest BCUT2D eigenvalue weighted by atomic mass is 10.1. The van der Waals surface area contributed by atoms with Crippen molar-refractivity contribution in [2.75, 3.05) is 25.6 Å². The number of aromatic nitrogens is 2. The van der Waals surface area contributed by atoms with Gasteiger partial charge in [-0.15, -0.1) is 0 Å². The molecule has 1 aliphatic rings. The van der Waals surface area contributed by atoms with Gasteiger partial charge in [0.05, 0.1) is 25.1 Å². The molecule has 7 nitrogen and oxygen atoms in total. The summed E-state index contributed by atoms with van der Waals surface area (Å²) in [5.74, 6) is 0.734. The highest BCUT2D eigenvalue weighted by molar-refractivity contribution is 6.00. The number of carbonyl (C=O) groups is 2. The van der Waals surface area contributed by atoms with Crippen LogP contribution in [0.2, 0.25) is 0 Å². The molecular formula is C23H24N4O3. The number of aryl methyl sites for hydroxylation is 1. The maximum atomic E-state index is 13.0. The highest BCUT2D eigenvalue weighted by Gasteiger charge is 2.36. The topological polar surface area (TPSA) is 75.6 Å². The Morgan fingerprint density at radius 3 is 2.80 bits per heavy atom. The predicted molar refractivity (Wildman–Crippen MR) is 114 cm³/mol. The molecular weight excluding hydrogens is 380 g/mol. The van der Waals surface area contributed by atoms with E-state index < -0.39 is 5.92 Å². The standard InChI is InChI=1S/C23H24N4O3/c1-15-19-9-4-5-10-20(19)25-21(24-15)14-26(2)23(29)16-11-22(28)27(13-16)17-7-6-8-18(12-17)30-3/h4-10,12,16H,11,13-14H2,1-3H3. The van der Waals surface area contributed by atoms with E-state index in [4.69, 9.17) is 4.74 Å². The molecule has 154 valence electrons. The molecule has 0 bridgehead atoms. The van der Waals surface area contributed by atoms with Crippen LogP contribution in [0.1, 0.15) is 17.9 Å². The van der Waals surface area contributed by atoms with Crippen molar-refractivity contribution in [1.29, 1.82) is 0 Å². The molecule has 1 saturated heterocycles. The third kappa shape index (κ3) is 3.83. The number of fused-ring (bicyclic) bond motifs is 1. The summed E-state index contributed by atoms with van der Waals surface area (Å²) < 4.78 is 5.24. The molecule has 1 unspecified atom stereocenters. The van der Waals surface area contributed by atoms with Gasteiger partial charge >= 0.3 is 0 Å². The molecule has 0 aliphatic carbocycles. The Labute approximate surface area is 175 Å². The molecule has 1 aromatic heterocycles. The molecule has 0 radical (unpaired) electrons. The quantitative estimate of drug-likeness (QED) is 0.654. The Morgan fingerprint density at radius 1 is 1.20 bits per heavy atom. The second-order valence-electron chi connectivity index (χ2n) is 7.54. The van der Waals surface area contributed by atoms with Crippen LogP contribution < -0.4 is 9.64 Å². The smallest absolute Gasteiger partial charge is 0.228 e. The number of nitrogens with zero attached hydrogens (tertiary/aromatic N) is 4. The van der Waals surface area contributed by atoms with Gasteiger partial charge in [-0.1, -0.05) is 24.3 Å². The first-order valence-electron chi connectivity index (χ1n) is 9.88. The number of methoxy groups -OCH3 is 1. The fourth-order valence-corrected chi connectivity index (χ4v) is 3.87. The Hall–Kier alpha value is -3.48. The lowest BCUT2D eigenvalue weighted by Crippen LogP contribution is -2.34. The summed E-state index contributed by atoms with van der Waals surface area (Å²) in [6.45, 7) is 2.60. The first-order valence-corrected chi connectivity index (χ1v) is 9.88. The number of hydrogen-bond donors (Lipinski definition) is 0. The fraction of sp³-hybridized carbons (Fsp3) is 0.304. The number of anilines is 1. The fourth-order valence-electron chi connectivity index (χ4n) is 3.87. The molecule has 2 amide bonds. The van der Waals surface area contributed by atoms with E-state index in [2.05, 4.69) is 9.97 Å². The van der Waals surface area contributed by atoms with Gasteiger partial charge in [0, 0.05) is 42.8 Å². The van der Waals surface area contributed by atoms with Crippen LogP contribution in [0.25, 0.3) is 10.9 Å². The van der Waals surface area contributed by atoms with Gasteiger partial charge in [-0.3, -0.25) is 9.59 Å². The summed E-state index contributed by atoms with van der Waals surface area (Å²) in [4.78, 5) is 38.0. The van der Waals surface area contributed by atoms with Crippen molar-refractivity contribution in [2.24, 2.45) is 5.92 Å². The number of benzene rings is 2. The molecule has 1 atom stereocenters. The molecule has 7 heteroatoms. The minimum absolute atomic E-state index is 0.0622. The van der Waals surface area contributed by atoms with Crippen molar-refractivity contribution in [2.45, 2.75) is 19.9 Å². The van der Waals surface area contributed by atoms with E-state index in [0.29, 0.717) is 24.7 Å². The number of carbonyl (C=O) groups excluding carboxylic acids is 2. The number of ether oxygens (including phenoxy) is 1. The van der Waals surface area contributed by atoms with Crippen LogP contribution >= 0.6 is 0 Å². The van der Waals surface area contributed by atoms with E-state index in [-0.39, 0.29) is 18.2 Å². The molecule has 1 fully saturated rings. The Bertz CT molecular complexity index is 1110. The van der Waals surface area contributed by atoms with E-state index in [1.165, 1.54) is 0 Å². The summed E-state index contributed by atoms with van der Waals surface area (Å²) >= 11 is 0. The predicted octanol–water partition coefficient (Wildman–Crippen LogP) is 2.96. The second kappa shape index (κ2) is 8.10. The van der Waals surface area contributed by atoms with E-state index in [0.717, 1.165) is 22.3 Å². The molecule has 0 spiro atoms. The van der Waals surface area contributed by atoms with Crippen molar-refractivity contribution in [3.05, 3.63) is 60.0 Å². The van der Waals surface area contributed by atoms with E-state index in [9.17, 15) is 9.59 Å². The van der Waals surface area contributed by atoms with Crippen molar-refractivity contribution >= 4 is 28.4 Å². The maximum absolute atomic E-state index is 13.0. The zero-order chi connectivity index (χ0) is 21.3. The van der Waals surface area contributed by atoms with Crippen molar-refractivity contribution in [3.8, 4) is 5.75 Å². The largest absolute Gasteiger partial charge is 0.497 e. The van der Waals surface area contributed by atoms with Crippen LogP contribution in [0.15, 0.2) is 48.5 Å². The summed E-state index contributed by atoms with van der Waals surface area (Å²) in [6, 6.07) is 15.1. The van der Waals surface area contributed by atoms with Gasteiger partial charge in [0.25, 0.3) is 0 Å². The maximum Gasteiger partial charge on any atom is 0.228 e. The number of amides is 2. The SMILES string of the molecule is COc1cccc(N2CC(C(=O)N(C)Cc3nc(C)c4ccccc4n3)CC2=O)c1. The summed E-state index contributed by atoms with van der Waals surface area (Å²) in [5.41, 5.74) is 2.49. The minimum atomic E-state index is -0.393. The first kappa shape index (κ1) is 19.8.